The van der Waals surface area contributed by atoms with Crippen molar-refractivity contribution in [3.05, 3.63) is 108 Å². The molecule has 5 rings (SSSR count). The number of nitrogens with zero attached hydrogens (tertiary/aromatic N) is 3. The van der Waals surface area contributed by atoms with Crippen LogP contribution in [0.4, 0.5) is 5.69 Å². The van der Waals surface area contributed by atoms with E-state index < -0.39 is 0 Å². The van der Waals surface area contributed by atoms with E-state index in [2.05, 4.69) is 39.8 Å². The maximum Gasteiger partial charge on any atom is 0.278 e. The fourth-order valence-electron chi connectivity index (χ4n) is 3.72. The van der Waals surface area contributed by atoms with E-state index in [1.807, 2.05) is 48.5 Å². The Morgan fingerprint density at radius 3 is 2.70 bits per heavy atom. The topological polar surface area (TPSA) is 82.2 Å². The van der Waals surface area contributed by atoms with E-state index in [0.29, 0.717) is 29.3 Å². The zero-order chi connectivity index (χ0) is 22.6. The maximum atomic E-state index is 12.9. The van der Waals surface area contributed by atoms with Gasteiger partial charge < -0.3 is 14.6 Å². The summed E-state index contributed by atoms with van der Waals surface area (Å²) in [7, 11) is 0. The fourth-order valence-corrected chi connectivity index (χ4v) is 3.72. The lowest BCUT2D eigenvalue weighted by Gasteiger charge is -2.07. The lowest BCUT2D eigenvalue weighted by atomic mass is 10.0. The Balaban J connectivity index is 1.28. The van der Waals surface area contributed by atoms with Gasteiger partial charge >= 0.3 is 0 Å². The quantitative estimate of drug-likeness (QED) is 0.377. The Morgan fingerprint density at radius 2 is 1.82 bits per heavy atom. The molecule has 2 aromatic heterocycles. The average Bonchev–Trinajstić information content (AvgIpc) is 3.44. The van der Waals surface area contributed by atoms with Gasteiger partial charge in [0.05, 0.1) is 24.0 Å². The van der Waals surface area contributed by atoms with Gasteiger partial charge in [-0.3, -0.25) is 9.48 Å². The highest BCUT2D eigenvalue weighted by Crippen LogP contribution is 2.21. The summed E-state index contributed by atoms with van der Waals surface area (Å²) in [6.45, 7) is 2.54. The number of ether oxygens (including phenoxy) is 1. The maximum absolute atomic E-state index is 12.9. The largest absolute Gasteiger partial charge is 0.489 e. The van der Waals surface area contributed by atoms with Gasteiger partial charge in [0.2, 0.25) is 0 Å². The molecule has 7 heteroatoms. The number of rotatable bonds is 7. The number of carbonyl (C=O) groups excluding carboxylic acids is 1. The molecule has 7 nitrogen and oxygen atoms in total. The second-order valence-corrected chi connectivity index (χ2v) is 7.69. The molecule has 0 unspecified atom stereocenters. The van der Waals surface area contributed by atoms with Crippen molar-refractivity contribution in [3.63, 3.8) is 0 Å². The van der Waals surface area contributed by atoms with Crippen molar-refractivity contribution >= 4 is 22.4 Å². The van der Waals surface area contributed by atoms with Crippen LogP contribution in [0.25, 0.3) is 10.8 Å². The van der Waals surface area contributed by atoms with Crippen molar-refractivity contribution in [2.75, 3.05) is 5.32 Å². The molecule has 0 saturated heterocycles. The molecule has 5 aromatic rings. The molecule has 1 N–H and O–H groups in total. The predicted molar refractivity (Wildman–Crippen MR) is 125 cm³/mol. The summed E-state index contributed by atoms with van der Waals surface area (Å²) in [6.07, 6.45) is 3.42. The monoisotopic (exact) mass is 438 g/mol. The van der Waals surface area contributed by atoms with Gasteiger partial charge in [-0.2, -0.15) is 5.10 Å². The number of nitrogens with one attached hydrogen (secondary N) is 1. The van der Waals surface area contributed by atoms with Crippen LogP contribution >= 0.6 is 0 Å². The Hall–Kier alpha value is -4.39. The van der Waals surface area contributed by atoms with Gasteiger partial charge in [0, 0.05) is 6.20 Å². The van der Waals surface area contributed by atoms with Gasteiger partial charge in [-0.25, -0.2) is 0 Å². The fraction of sp³-hybridized carbons (Fsp3) is 0.115. The molecule has 0 spiro atoms. The van der Waals surface area contributed by atoms with Gasteiger partial charge in [0.15, 0.2) is 5.69 Å². The van der Waals surface area contributed by atoms with Crippen LogP contribution in [0.2, 0.25) is 0 Å². The predicted octanol–water partition coefficient (Wildman–Crippen LogP) is 5.21. The Kier molecular flexibility index (Phi) is 5.59. The first-order valence-corrected chi connectivity index (χ1v) is 10.6. The van der Waals surface area contributed by atoms with E-state index in [-0.39, 0.29) is 18.2 Å². The average molecular weight is 438 g/mol. The van der Waals surface area contributed by atoms with Gasteiger partial charge in [-0.1, -0.05) is 65.8 Å². The first-order chi connectivity index (χ1) is 16.2. The first-order valence-electron chi connectivity index (χ1n) is 10.6. The molecule has 0 radical (unpaired) electrons. The Morgan fingerprint density at radius 1 is 1.03 bits per heavy atom. The number of amides is 1. The Bertz CT molecular complexity index is 1400. The van der Waals surface area contributed by atoms with E-state index in [4.69, 9.17) is 9.26 Å². The molecule has 1 amide bonds. The van der Waals surface area contributed by atoms with Crippen molar-refractivity contribution in [2.24, 2.45) is 0 Å². The third-order valence-electron chi connectivity index (χ3n) is 5.43. The third-order valence-corrected chi connectivity index (χ3v) is 5.43. The lowest BCUT2D eigenvalue weighted by molar-refractivity contribution is 0.101. The van der Waals surface area contributed by atoms with E-state index in [1.165, 1.54) is 10.8 Å². The van der Waals surface area contributed by atoms with Crippen LogP contribution in [0, 0.1) is 6.92 Å². The number of fused-ring (bicyclic) bond motifs is 1. The highest BCUT2D eigenvalue weighted by Gasteiger charge is 2.21. The summed E-state index contributed by atoms with van der Waals surface area (Å²) in [5.74, 6) is 0.880. The third kappa shape index (κ3) is 4.48. The number of para-hydroxylation sites is 1. The summed E-state index contributed by atoms with van der Waals surface area (Å²) >= 11 is 0. The minimum Gasteiger partial charge on any atom is -0.489 e. The number of aryl methyl sites for hydroxylation is 1. The highest BCUT2D eigenvalue weighted by molar-refractivity contribution is 6.03. The molecular formula is C26H22N4O3. The standard InChI is InChI=1S/C26H22N4O3/c1-18-24(17-32-22-11-3-2-4-12-22)25(29-33-18)26(31)28-21-14-27-30(16-21)15-20-10-7-9-19-8-5-6-13-23(19)20/h2-14,16H,15,17H2,1H3,(H,28,31). The lowest BCUT2D eigenvalue weighted by Crippen LogP contribution is -2.15. The number of aromatic nitrogens is 3. The Labute approximate surface area is 190 Å². The molecule has 0 fully saturated rings. The van der Waals surface area contributed by atoms with Gasteiger partial charge in [0.25, 0.3) is 5.91 Å². The van der Waals surface area contributed by atoms with Crippen LogP contribution in [0.15, 0.2) is 89.7 Å². The number of hydrogen-bond donors (Lipinski definition) is 1. The number of hydrogen-bond acceptors (Lipinski definition) is 5. The molecule has 3 aromatic carbocycles. The summed E-state index contributed by atoms with van der Waals surface area (Å²) in [6, 6.07) is 23.9. The summed E-state index contributed by atoms with van der Waals surface area (Å²) in [4.78, 5) is 12.9. The van der Waals surface area contributed by atoms with Crippen LogP contribution in [-0.2, 0) is 13.2 Å². The number of benzene rings is 3. The molecule has 0 aliphatic rings. The minimum atomic E-state index is -0.372. The van der Waals surface area contributed by atoms with E-state index in [0.717, 1.165) is 5.56 Å². The SMILES string of the molecule is Cc1onc(C(=O)Nc2cnn(Cc3cccc4ccccc34)c2)c1COc1ccccc1. The van der Waals surface area contributed by atoms with E-state index in [9.17, 15) is 4.79 Å². The first kappa shape index (κ1) is 20.5. The van der Waals surface area contributed by atoms with Gasteiger partial charge in [-0.05, 0) is 35.4 Å². The van der Waals surface area contributed by atoms with Crippen molar-refractivity contribution in [1.29, 1.82) is 0 Å². The van der Waals surface area contributed by atoms with Crippen molar-refractivity contribution in [1.82, 2.24) is 14.9 Å². The molecule has 0 bridgehead atoms. The number of anilines is 1. The number of carbonyl (C=O) groups is 1. The van der Waals surface area contributed by atoms with Gasteiger partial charge in [-0.15, -0.1) is 0 Å². The molecule has 0 saturated carbocycles. The summed E-state index contributed by atoms with van der Waals surface area (Å²) in [5.41, 5.74) is 2.54. The van der Waals surface area contributed by atoms with Crippen LogP contribution in [0.5, 0.6) is 5.75 Å². The molecule has 33 heavy (non-hydrogen) atoms. The molecular weight excluding hydrogens is 416 g/mol. The van der Waals surface area contributed by atoms with E-state index >= 15 is 0 Å². The summed E-state index contributed by atoms with van der Waals surface area (Å²) in [5, 5.41) is 13.6. The molecule has 0 atom stereocenters. The van der Waals surface area contributed by atoms with Crippen LogP contribution < -0.4 is 10.1 Å². The normalized spacial score (nSPS) is 10.9. The van der Waals surface area contributed by atoms with Gasteiger partial charge in [0.1, 0.15) is 18.1 Å². The molecule has 164 valence electrons. The second-order valence-electron chi connectivity index (χ2n) is 7.69. The van der Waals surface area contributed by atoms with Crippen LogP contribution in [0.1, 0.15) is 27.4 Å². The zero-order valence-corrected chi connectivity index (χ0v) is 18.1. The van der Waals surface area contributed by atoms with E-state index in [1.54, 1.807) is 24.0 Å². The van der Waals surface area contributed by atoms with Crippen molar-refractivity contribution < 1.29 is 14.1 Å². The van der Waals surface area contributed by atoms with Crippen molar-refractivity contribution in [3.8, 4) is 5.75 Å². The smallest absolute Gasteiger partial charge is 0.278 e. The van der Waals surface area contributed by atoms with Crippen LogP contribution in [0.3, 0.4) is 0 Å². The van der Waals surface area contributed by atoms with Crippen LogP contribution in [-0.4, -0.2) is 20.8 Å². The second kappa shape index (κ2) is 9.00. The summed E-state index contributed by atoms with van der Waals surface area (Å²) < 4.78 is 12.8. The minimum absolute atomic E-state index is 0.183. The molecule has 2 heterocycles. The highest BCUT2D eigenvalue weighted by atomic mass is 16.5. The van der Waals surface area contributed by atoms with Crippen molar-refractivity contribution in [2.45, 2.75) is 20.1 Å². The zero-order valence-electron chi connectivity index (χ0n) is 18.1. The molecule has 0 aliphatic carbocycles. The molecule has 0 aliphatic heterocycles.